The third kappa shape index (κ3) is 6.70. The van der Waals surface area contributed by atoms with Gasteiger partial charge in [0.05, 0.1) is 19.3 Å². The molecule has 0 aromatic carbocycles. The van der Waals surface area contributed by atoms with Crippen molar-refractivity contribution in [3.8, 4) is 0 Å². The van der Waals surface area contributed by atoms with Gasteiger partial charge in [0.15, 0.2) is 11.8 Å². The summed E-state index contributed by atoms with van der Waals surface area (Å²) < 4.78 is 10.5. The summed E-state index contributed by atoms with van der Waals surface area (Å²) in [5, 5.41) is 12.8. The third-order valence-electron chi connectivity index (χ3n) is 4.11. The van der Waals surface area contributed by atoms with E-state index in [1.807, 2.05) is 0 Å². The topological polar surface area (TPSA) is 87.8 Å². The Balaban J connectivity index is 0.00000261. The van der Waals surface area contributed by atoms with Crippen LogP contribution < -0.4 is 10.6 Å². The Kier molecular flexibility index (Phi) is 9.45. The number of hydrogen-bond donors (Lipinski definition) is 2. The Labute approximate surface area is 180 Å². The van der Waals surface area contributed by atoms with Crippen molar-refractivity contribution in [1.82, 2.24) is 25.7 Å². The second-order valence-electron chi connectivity index (χ2n) is 5.99. The maximum atomic E-state index is 5.50. The number of morpholine rings is 1. The number of ether oxygens (including phenoxy) is 1. The Morgan fingerprint density at radius 1 is 1.37 bits per heavy atom. The highest BCUT2D eigenvalue weighted by Crippen LogP contribution is 2.25. The number of thiophene rings is 1. The minimum atomic E-state index is 0. The van der Waals surface area contributed by atoms with Crippen LogP contribution in [-0.2, 0) is 11.3 Å². The van der Waals surface area contributed by atoms with E-state index in [-0.39, 0.29) is 24.0 Å². The zero-order chi connectivity index (χ0) is 18.2. The van der Waals surface area contributed by atoms with Gasteiger partial charge in [-0.05, 0) is 18.4 Å². The lowest BCUT2D eigenvalue weighted by molar-refractivity contribution is 0.0177. The fourth-order valence-electron chi connectivity index (χ4n) is 2.87. The van der Waals surface area contributed by atoms with E-state index in [0.29, 0.717) is 24.3 Å². The monoisotopic (exact) mass is 506 g/mol. The fraction of sp³-hybridized carbons (Fsp3) is 0.588. The second kappa shape index (κ2) is 11.6. The first kappa shape index (κ1) is 22.1. The van der Waals surface area contributed by atoms with Gasteiger partial charge >= 0.3 is 0 Å². The van der Waals surface area contributed by atoms with Gasteiger partial charge < -0.3 is 19.9 Å². The highest BCUT2D eigenvalue weighted by atomic mass is 127. The number of nitrogens with one attached hydrogen (secondary N) is 2. The molecule has 1 atom stereocenters. The molecule has 2 aromatic rings. The molecule has 0 radical (unpaired) electrons. The van der Waals surface area contributed by atoms with Crippen molar-refractivity contribution in [3.63, 3.8) is 0 Å². The van der Waals surface area contributed by atoms with E-state index in [9.17, 15) is 0 Å². The molecule has 0 amide bonds. The maximum absolute atomic E-state index is 5.50. The lowest BCUT2D eigenvalue weighted by Crippen LogP contribution is -2.46. The predicted molar refractivity (Wildman–Crippen MR) is 117 cm³/mol. The van der Waals surface area contributed by atoms with Gasteiger partial charge in [0.2, 0.25) is 5.89 Å². The Hall–Kier alpha value is -1.24. The van der Waals surface area contributed by atoms with Crippen LogP contribution in [0, 0.1) is 6.92 Å². The van der Waals surface area contributed by atoms with Crippen molar-refractivity contribution in [2.75, 3.05) is 39.4 Å². The van der Waals surface area contributed by atoms with Gasteiger partial charge in [0.25, 0.3) is 0 Å². The molecule has 1 fully saturated rings. The summed E-state index contributed by atoms with van der Waals surface area (Å²) >= 11 is 1.79. The van der Waals surface area contributed by atoms with Gasteiger partial charge in [-0.2, -0.15) is 4.98 Å². The molecule has 2 aromatic heterocycles. The standard InChI is InChI=1S/C17H26N6O2S.HI/c1-3-18-17(20-12-16-21-13(2)25-22-16)19-11-14(15-5-4-10-26-15)23-6-8-24-9-7-23;/h4-5,10,14H,3,6-9,11-12H2,1-2H3,(H2,18,19,20);1H. The van der Waals surface area contributed by atoms with E-state index in [2.05, 4.69) is 55.1 Å². The molecule has 1 aliphatic rings. The van der Waals surface area contributed by atoms with Crippen LogP contribution in [0.2, 0.25) is 0 Å². The van der Waals surface area contributed by atoms with Crippen molar-refractivity contribution in [2.45, 2.75) is 26.4 Å². The summed E-state index contributed by atoms with van der Waals surface area (Å²) in [7, 11) is 0. The van der Waals surface area contributed by atoms with Crippen molar-refractivity contribution in [1.29, 1.82) is 0 Å². The molecule has 2 N–H and O–H groups in total. The van der Waals surface area contributed by atoms with E-state index in [0.717, 1.165) is 45.4 Å². The summed E-state index contributed by atoms with van der Waals surface area (Å²) in [5.41, 5.74) is 0. The van der Waals surface area contributed by atoms with Crippen LogP contribution >= 0.6 is 35.3 Å². The van der Waals surface area contributed by atoms with Gasteiger partial charge in [-0.15, -0.1) is 35.3 Å². The average molecular weight is 506 g/mol. The molecule has 1 unspecified atom stereocenters. The number of aliphatic imine (C=N–C) groups is 1. The van der Waals surface area contributed by atoms with Gasteiger partial charge in [-0.3, -0.25) is 4.90 Å². The van der Waals surface area contributed by atoms with E-state index in [1.54, 1.807) is 18.3 Å². The van der Waals surface area contributed by atoms with Crippen LogP contribution in [0.15, 0.2) is 27.0 Å². The Bertz CT molecular complexity index is 687. The molecule has 1 aliphatic heterocycles. The zero-order valence-corrected chi connectivity index (χ0v) is 18.8. The molecule has 0 spiro atoms. The Morgan fingerprint density at radius 3 is 2.81 bits per heavy atom. The lowest BCUT2D eigenvalue weighted by atomic mass is 10.2. The average Bonchev–Trinajstić information content (AvgIpc) is 3.33. The fourth-order valence-corrected chi connectivity index (χ4v) is 3.73. The maximum Gasteiger partial charge on any atom is 0.223 e. The van der Waals surface area contributed by atoms with Gasteiger partial charge in [0, 0.05) is 38.0 Å². The molecule has 10 heteroatoms. The zero-order valence-electron chi connectivity index (χ0n) is 15.7. The van der Waals surface area contributed by atoms with Crippen molar-refractivity contribution < 1.29 is 9.26 Å². The first-order valence-electron chi connectivity index (χ1n) is 8.93. The van der Waals surface area contributed by atoms with Crippen molar-refractivity contribution >= 4 is 41.3 Å². The molecule has 150 valence electrons. The molecule has 0 saturated carbocycles. The second-order valence-corrected chi connectivity index (χ2v) is 6.96. The largest absolute Gasteiger partial charge is 0.379 e. The highest BCUT2D eigenvalue weighted by molar-refractivity contribution is 14.0. The number of rotatable bonds is 7. The lowest BCUT2D eigenvalue weighted by Gasteiger charge is -2.34. The number of halogens is 1. The van der Waals surface area contributed by atoms with Crippen LogP contribution in [0.3, 0.4) is 0 Å². The van der Waals surface area contributed by atoms with Crippen LogP contribution in [0.25, 0.3) is 0 Å². The predicted octanol–water partition coefficient (Wildman–Crippen LogP) is 2.19. The third-order valence-corrected chi connectivity index (χ3v) is 5.09. The van der Waals surface area contributed by atoms with E-state index in [1.165, 1.54) is 4.88 Å². The molecule has 27 heavy (non-hydrogen) atoms. The van der Waals surface area contributed by atoms with Crippen LogP contribution in [-0.4, -0.2) is 60.4 Å². The van der Waals surface area contributed by atoms with Crippen LogP contribution in [0.5, 0.6) is 0 Å². The molecule has 1 saturated heterocycles. The molecule has 0 bridgehead atoms. The number of guanidine groups is 1. The van der Waals surface area contributed by atoms with Gasteiger partial charge in [-0.25, -0.2) is 4.99 Å². The van der Waals surface area contributed by atoms with E-state index >= 15 is 0 Å². The summed E-state index contributed by atoms with van der Waals surface area (Å²) in [6, 6.07) is 4.60. The van der Waals surface area contributed by atoms with E-state index in [4.69, 9.17) is 9.26 Å². The number of aryl methyl sites for hydroxylation is 1. The SMILES string of the molecule is CCNC(=NCc1noc(C)n1)NCC(c1cccs1)N1CCOCC1.I. The summed E-state index contributed by atoms with van der Waals surface area (Å²) in [5.74, 6) is 1.89. The molecular formula is C17H27IN6O2S. The summed E-state index contributed by atoms with van der Waals surface area (Å²) in [6.07, 6.45) is 0. The minimum absolute atomic E-state index is 0. The summed E-state index contributed by atoms with van der Waals surface area (Å²) in [4.78, 5) is 12.6. The number of hydrogen-bond acceptors (Lipinski definition) is 7. The first-order chi connectivity index (χ1) is 12.8. The van der Waals surface area contributed by atoms with Crippen molar-refractivity contribution in [3.05, 3.63) is 34.1 Å². The van der Waals surface area contributed by atoms with E-state index < -0.39 is 0 Å². The number of aromatic nitrogens is 2. The quantitative estimate of drug-likeness (QED) is 0.338. The molecular weight excluding hydrogens is 479 g/mol. The molecule has 0 aliphatic carbocycles. The normalized spacial score (nSPS) is 16.6. The Morgan fingerprint density at radius 2 is 2.19 bits per heavy atom. The number of nitrogens with zero attached hydrogens (tertiary/aromatic N) is 4. The molecule has 3 heterocycles. The van der Waals surface area contributed by atoms with Gasteiger partial charge in [0.1, 0.15) is 6.54 Å². The minimum Gasteiger partial charge on any atom is -0.379 e. The van der Waals surface area contributed by atoms with Gasteiger partial charge in [-0.1, -0.05) is 11.2 Å². The van der Waals surface area contributed by atoms with Crippen LogP contribution in [0.4, 0.5) is 0 Å². The first-order valence-corrected chi connectivity index (χ1v) is 9.80. The van der Waals surface area contributed by atoms with Crippen molar-refractivity contribution in [2.24, 2.45) is 4.99 Å². The smallest absolute Gasteiger partial charge is 0.223 e. The summed E-state index contributed by atoms with van der Waals surface area (Å²) in [6.45, 7) is 9.23. The highest BCUT2D eigenvalue weighted by Gasteiger charge is 2.23. The van der Waals surface area contributed by atoms with Crippen LogP contribution in [0.1, 0.15) is 29.6 Å². The molecule has 3 rings (SSSR count). The molecule has 8 nitrogen and oxygen atoms in total.